The summed E-state index contributed by atoms with van der Waals surface area (Å²) in [5.41, 5.74) is 0. The third kappa shape index (κ3) is 4.20. The van der Waals surface area contributed by atoms with Crippen molar-refractivity contribution >= 4 is 5.95 Å². The molecule has 112 valence electrons. The number of hydrogen-bond donors (Lipinski definition) is 1. The van der Waals surface area contributed by atoms with Crippen molar-refractivity contribution in [2.24, 2.45) is 0 Å². The number of rotatable bonds is 7. The number of anilines is 1. The van der Waals surface area contributed by atoms with E-state index in [1.54, 1.807) is 19.2 Å². The van der Waals surface area contributed by atoms with Gasteiger partial charge in [-0.05, 0) is 30.7 Å². The molecule has 0 aliphatic rings. The van der Waals surface area contributed by atoms with Crippen LogP contribution >= 0.6 is 0 Å². The first kappa shape index (κ1) is 14.8. The molecule has 1 aromatic carbocycles. The zero-order valence-corrected chi connectivity index (χ0v) is 12.3. The quantitative estimate of drug-likeness (QED) is 0.839. The molecule has 0 saturated heterocycles. The van der Waals surface area contributed by atoms with Crippen molar-refractivity contribution in [2.75, 3.05) is 26.1 Å². The second kappa shape index (κ2) is 7.28. The van der Waals surface area contributed by atoms with E-state index in [9.17, 15) is 0 Å². The van der Waals surface area contributed by atoms with Crippen LogP contribution in [0.4, 0.5) is 5.95 Å². The van der Waals surface area contributed by atoms with E-state index < -0.39 is 0 Å². The third-order valence-corrected chi connectivity index (χ3v) is 2.51. The van der Waals surface area contributed by atoms with Gasteiger partial charge < -0.3 is 19.5 Å². The minimum absolute atomic E-state index is 0.161. The van der Waals surface area contributed by atoms with Gasteiger partial charge in [0, 0.05) is 7.05 Å². The SMILES string of the molecule is CCCOc1ccc(Oc2nc(NC)nc(OC)n2)cc1. The van der Waals surface area contributed by atoms with E-state index >= 15 is 0 Å². The minimum atomic E-state index is 0.161. The molecule has 1 N–H and O–H groups in total. The van der Waals surface area contributed by atoms with Crippen molar-refractivity contribution in [1.29, 1.82) is 0 Å². The second-order valence-corrected chi connectivity index (χ2v) is 4.10. The molecule has 0 amide bonds. The van der Waals surface area contributed by atoms with Gasteiger partial charge in [0.15, 0.2) is 0 Å². The molecule has 2 aromatic rings. The molecule has 0 unspecified atom stereocenters. The molecular formula is C14H18N4O3. The molecule has 7 nitrogen and oxygen atoms in total. The number of ether oxygens (including phenoxy) is 3. The van der Waals surface area contributed by atoms with Crippen LogP contribution < -0.4 is 19.5 Å². The topological polar surface area (TPSA) is 78.4 Å². The second-order valence-electron chi connectivity index (χ2n) is 4.10. The fourth-order valence-electron chi connectivity index (χ4n) is 1.52. The van der Waals surface area contributed by atoms with Gasteiger partial charge in [-0.1, -0.05) is 6.92 Å². The van der Waals surface area contributed by atoms with Gasteiger partial charge in [-0.15, -0.1) is 4.98 Å². The van der Waals surface area contributed by atoms with Crippen LogP contribution in [0.3, 0.4) is 0 Å². The molecule has 0 saturated carbocycles. The van der Waals surface area contributed by atoms with Gasteiger partial charge in [0.05, 0.1) is 13.7 Å². The lowest BCUT2D eigenvalue weighted by atomic mass is 10.3. The first-order chi connectivity index (χ1) is 10.2. The van der Waals surface area contributed by atoms with Crippen LogP contribution in [0, 0.1) is 0 Å². The molecule has 7 heteroatoms. The summed E-state index contributed by atoms with van der Waals surface area (Å²) < 4.78 is 16.1. The van der Waals surface area contributed by atoms with Gasteiger partial charge in [-0.25, -0.2) is 0 Å². The number of methoxy groups -OCH3 is 1. The van der Waals surface area contributed by atoms with Crippen molar-refractivity contribution in [1.82, 2.24) is 15.0 Å². The lowest BCUT2D eigenvalue weighted by Crippen LogP contribution is -2.03. The standard InChI is InChI=1S/C14H18N4O3/c1-4-9-20-10-5-7-11(8-6-10)21-14-17-12(15-2)16-13(18-14)19-3/h5-8H,4,9H2,1-3H3,(H,15,16,17,18). The Morgan fingerprint density at radius 2 is 1.67 bits per heavy atom. The first-order valence-electron chi connectivity index (χ1n) is 6.63. The van der Waals surface area contributed by atoms with Crippen molar-refractivity contribution in [3.63, 3.8) is 0 Å². The Morgan fingerprint density at radius 3 is 2.29 bits per heavy atom. The third-order valence-electron chi connectivity index (χ3n) is 2.51. The van der Waals surface area contributed by atoms with E-state index in [1.807, 2.05) is 12.1 Å². The summed E-state index contributed by atoms with van der Waals surface area (Å²) in [7, 11) is 3.19. The van der Waals surface area contributed by atoms with Crippen LogP contribution in [0.1, 0.15) is 13.3 Å². The fourth-order valence-corrected chi connectivity index (χ4v) is 1.52. The van der Waals surface area contributed by atoms with Gasteiger partial charge in [0.1, 0.15) is 11.5 Å². The molecule has 0 radical (unpaired) electrons. The zero-order chi connectivity index (χ0) is 15.1. The normalized spacial score (nSPS) is 10.0. The van der Waals surface area contributed by atoms with Gasteiger partial charge in [0.2, 0.25) is 5.95 Å². The van der Waals surface area contributed by atoms with Gasteiger partial charge >= 0.3 is 12.0 Å². The number of benzene rings is 1. The highest BCUT2D eigenvalue weighted by molar-refractivity contribution is 5.34. The number of nitrogens with one attached hydrogen (secondary N) is 1. The summed E-state index contributed by atoms with van der Waals surface area (Å²) in [6.45, 7) is 2.75. The summed E-state index contributed by atoms with van der Waals surface area (Å²) >= 11 is 0. The van der Waals surface area contributed by atoms with Gasteiger partial charge in [-0.2, -0.15) is 9.97 Å². The van der Waals surface area contributed by atoms with E-state index in [4.69, 9.17) is 14.2 Å². The summed E-state index contributed by atoms with van der Waals surface area (Å²) in [6, 6.07) is 7.60. The maximum Gasteiger partial charge on any atom is 0.330 e. The molecule has 0 aliphatic carbocycles. The van der Waals surface area contributed by atoms with E-state index in [-0.39, 0.29) is 12.0 Å². The molecule has 1 heterocycles. The first-order valence-corrected chi connectivity index (χ1v) is 6.63. The Kier molecular flexibility index (Phi) is 5.14. The largest absolute Gasteiger partial charge is 0.494 e. The number of aromatic nitrogens is 3. The van der Waals surface area contributed by atoms with Crippen LogP contribution in [0.15, 0.2) is 24.3 Å². The number of nitrogens with zero attached hydrogens (tertiary/aromatic N) is 3. The Balaban J connectivity index is 2.10. The molecule has 2 rings (SSSR count). The van der Waals surface area contributed by atoms with Gasteiger partial charge in [0.25, 0.3) is 0 Å². The highest BCUT2D eigenvalue weighted by Crippen LogP contribution is 2.23. The zero-order valence-electron chi connectivity index (χ0n) is 12.3. The maximum atomic E-state index is 5.59. The van der Waals surface area contributed by atoms with E-state index in [2.05, 4.69) is 27.2 Å². The predicted molar refractivity (Wildman–Crippen MR) is 78.2 cm³/mol. The monoisotopic (exact) mass is 290 g/mol. The van der Waals surface area contributed by atoms with Crippen LogP contribution in [-0.2, 0) is 0 Å². The lowest BCUT2D eigenvalue weighted by molar-refractivity contribution is 0.316. The molecule has 21 heavy (non-hydrogen) atoms. The minimum Gasteiger partial charge on any atom is -0.494 e. The Labute approximate surface area is 123 Å². The summed E-state index contributed by atoms with van der Waals surface area (Å²) in [4.78, 5) is 12.1. The molecule has 1 aromatic heterocycles. The highest BCUT2D eigenvalue weighted by Gasteiger charge is 2.08. The molecule has 0 spiro atoms. The Hall–Kier alpha value is -2.57. The number of hydrogen-bond acceptors (Lipinski definition) is 7. The Morgan fingerprint density at radius 1 is 1.00 bits per heavy atom. The average molecular weight is 290 g/mol. The van der Waals surface area contributed by atoms with E-state index in [0.29, 0.717) is 18.3 Å². The summed E-state index contributed by atoms with van der Waals surface area (Å²) in [5.74, 6) is 1.78. The summed E-state index contributed by atoms with van der Waals surface area (Å²) in [5, 5.41) is 2.82. The summed E-state index contributed by atoms with van der Waals surface area (Å²) in [6.07, 6.45) is 0.968. The smallest absolute Gasteiger partial charge is 0.330 e. The highest BCUT2D eigenvalue weighted by atomic mass is 16.5. The lowest BCUT2D eigenvalue weighted by Gasteiger charge is -2.08. The van der Waals surface area contributed by atoms with Crippen molar-refractivity contribution < 1.29 is 14.2 Å². The molecule has 0 aliphatic heterocycles. The van der Waals surface area contributed by atoms with Crippen molar-refractivity contribution in [3.05, 3.63) is 24.3 Å². The van der Waals surface area contributed by atoms with Crippen LogP contribution in [-0.4, -0.2) is 35.7 Å². The maximum absolute atomic E-state index is 5.59. The predicted octanol–water partition coefficient (Wildman–Crippen LogP) is 2.50. The molecule has 0 bridgehead atoms. The molecule has 0 atom stereocenters. The van der Waals surface area contributed by atoms with Crippen molar-refractivity contribution in [3.8, 4) is 23.5 Å². The van der Waals surface area contributed by atoms with E-state index in [1.165, 1.54) is 7.11 Å². The van der Waals surface area contributed by atoms with Crippen LogP contribution in [0.5, 0.6) is 23.5 Å². The van der Waals surface area contributed by atoms with Crippen molar-refractivity contribution in [2.45, 2.75) is 13.3 Å². The van der Waals surface area contributed by atoms with E-state index in [0.717, 1.165) is 12.2 Å². The average Bonchev–Trinajstić information content (AvgIpc) is 2.53. The van der Waals surface area contributed by atoms with Crippen LogP contribution in [0.25, 0.3) is 0 Å². The fraction of sp³-hybridized carbons (Fsp3) is 0.357. The molecule has 0 fully saturated rings. The molecular weight excluding hydrogens is 272 g/mol. The van der Waals surface area contributed by atoms with Gasteiger partial charge in [-0.3, -0.25) is 0 Å². The Bertz CT molecular complexity index is 553. The van der Waals surface area contributed by atoms with Crippen LogP contribution in [0.2, 0.25) is 0 Å².